The van der Waals surface area contributed by atoms with Gasteiger partial charge in [-0.3, -0.25) is 4.79 Å². The fourth-order valence-corrected chi connectivity index (χ4v) is 3.83. The van der Waals surface area contributed by atoms with Crippen molar-refractivity contribution in [3.63, 3.8) is 0 Å². The number of amides is 1. The normalized spacial score (nSPS) is 12.1. The molecule has 3 N–H and O–H groups in total. The van der Waals surface area contributed by atoms with E-state index in [9.17, 15) is 4.79 Å². The van der Waals surface area contributed by atoms with Crippen LogP contribution < -0.4 is 11.2 Å². The zero-order chi connectivity index (χ0) is 17.8. The highest BCUT2D eigenvalue weighted by molar-refractivity contribution is 9.10. The number of aromatic nitrogens is 3. The average Bonchev–Trinajstić information content (AvgIpc) is 3.23. The van der Waals surface area contributed by atoms with Gasteiger partial charge in [0.25, 0.3) is 0 Å². The van der Waals surface area contributed by atoms with Crippen LogP contribution in [0, 0.1) is 0 Å². The van der Waals surface area contributed by atoms with Crippen LogP contribution in [-0.2, 0) is 4.79 Å². The molecule has 9 heteroatoms. The van der Waals surface area contributed by atoms with Gasteiger partial charge in [0, 0.05) is 4.47 Å². The average molecular weight is 438 g/mol. The maximum atomic E-state index is 12.2. The van der Waals surface area contributed by atoms with Crippen LogP contribution in [0.25, 0.3) is 10.7 Å². The van der Waals surface area contributed by atoms with Crippen LogP contribution in [-0.4, -0.2) is 26.5 Å². The fraction of sp³-hybridized carbons (Fsp3) is 0.188. The summed E-state index contributed by atoms with van der Waals surface area (Å²) in [5, 5.41) is 13.6. The number of carbonyl (C=O) groups excluding carboxylic acids is 1. The van der Waals surface area contributed by atoms with Gasteiger partial charge in [0.1, 0.15) is 0 Å². The van der Waals surface area contributed by atoms with Gasteiger partial charge < -0.3 is 11.2 Å². The smallest absolute Gasteiger partial charge is 0.230 e. The van der Waals surface area contributed by atoms with E-state index >= 15 is 0 Å². The standard InChI is InChI=1S/C16H16BrN5OS2/c1-10(11-4-6-12(17)7-5-11)19-14(23)9-25-16-21-20-15(22(16)18)13-3-2-8-24-13/h2-8,10H,9,18H2,1H3,(H,19,23). The predicted molar refractivity (Wildman–Crippen MR) is 105 cm³/mol. The van der Waals surface area contributed by atoms with Crippen molar-refractivity contribution < 1.29 is 4.79 Å². The maximum absolute atomic E-state index is 12.2. The van der Waals surface area contributed by atoms with Crippen molar-refractivity contribution in [2.75, 3.05) is 11.6 Å². The van der Waals surface area contributed by atoms with E-state index < -0.39 is 0 Å². The maximum Gasteiger partial charge on any atom is 0.230 e. The molecule has 1 atom stereocenters. The number of rotatable bonds is 6. The van der Waals surface area contributed by atoms with Crippen molar-refractivity contribution >= 4 is 44.9 Å². The first-order valence-corrected chi connectivity index (χ1v) is 10.1. The molecule has 0 saturated carbocycles. The van der Waals surface area contributed by atoms with Crippen molar-refractivity contribution in [1.29, 1.82) is 0 Å². The van der Waals surface area contributed by atoms with Crippen LogP contribution in [0.1, 0.15) is 18.5 Å². The van der Waals surface area contributed by atoms with Crippen LogP contribution in [0.15, 0.2) is 51.4 Å². The number of hydrogen-bond donors (Lipinski definition) is 2. The van der Waals surface area contributed by atoms with Gasteiger partial charge in [-0.05, 0) is 36.1 Å². The second-order valence-electron chi connectivity index (χ2n) is 5.28. The Bertz CT molecular complexity index is 848. The third kappa shape index (κ3) is 4.42. The number of halogens is 1. The van der Waals surface area contributed by atoms with E-state index in [2.05, 4.69) is 31.4 Å². The number of thioether (sulfide) groups is 1. The summed E-state index contributed by atoms with van der Waals surface area (Å²) in [6.45, 7) is 1.95. The van der Waals surface area contributed by atoms with Crippen LogP contribution >= 0.6 is 39.0 Å². The summed E-state index contributed by atoms with van der Waals surface area (Å²) in [4.78, 5) is 13.1. The number of nitrogens with two attached hydrogens (primary N) is 1. The molecule has 25 heavy (non-hydrogen) atoms. The summed E-state index contributed by atoms with van der Waals surface area (Å²) in [6, 6.07) is 11.7. The van der Waals surface area contributed by atoms with E-state index in [-0.39, 0.29) is 17.7 Å². The monoisotopic (exact) mass is 437 g/mol. The molecule has 0 bridgehead atoms. The Morgan fingerprint density at radius 1 is 1.36 bits per heavy atom. The highest BCUT2D eigenvalue weighted by Crippen LogP contribution is 2.25. The molecule has 0 aliphatic carbocycles. The Balaban J connectivity index is 1.56. The summed E-state index contributed by atoms with van der Waals surface area (Å²) >= 11 is 6.20. The number of carbonyl (C=O) groups is 1. The van der Waals surface area contributed by atoms with Crippen molar-refractivity contribution in [1.82, 2.24) is 20.2 Å². The molecule has 0 radical (unpaired) electrons. The van der Waals surface area contributed by atoms with Gasteiger partial charge in [0.05, 0.1) is 16.7 Å². The zero-order valence-corrected chi connectivity index (χ0v) is 16.6. The summed E-state index contributed by atoms with van der Waals surface area (Å²) in [7, 11) is 0. The van der Waals surface area contributed by atoms with Crippen molar-refractivity contribution in [2.24, 2.45) is 0 Å². The van der Waals surface area contributed by atoms with E-state index in [0.29, 0.717) is 11.0 Å². The molecule has 0 saturated heterocycles. The molecule has 0 fully saturated rings. The van der Waals surface area contributed by atoms with Gasteiger partial charge in [-0.1, -0.05) is 45.9 Å². The lowest BCUT2D eigenvalue weighted by Crippen LogP contribution is -2.28. The first-order valence-electron chi connectivity index (χ1n) is 7.46. The molecular formula is C16H16BrN5OS2. The van der Waals surface area contributed by atoms with E-state index in [1.54, 1.807) is 0 Å². The molecule has 1 aromatic carbocycles. The molecular weight excluding hydrogens is 422 g/mol. The molecule has 0 spiro atoms. The second-order valence-corrected chi connectivity index (χ2v) is 8.09. The number of benzene rings is 1. The fourth-order valence-electron chi connectivity index (χ4n) is 2.20. The van der Waals surface area contributed by atoms with Crippen LogP contribution in [0.3, 0.4) is 0 Å². The largest absolute Gasteiger partial charge is 0.349 e. The summed E-state index contributed by atoms with van der Waals surface area (Å²) in [5.74, 6) is 6.77. The molecule has 0 aliphatic heterocycles. The number of nitrogen functional groups attached to an aromatic ring is 1. The van der Waals surface area contributed by atoms with Crippen LogP contribution in [0.4, 0.5) is 0 Å². The minimum Gasteiger partial charge on any atom is -0.349 e. The van der Waals surface area contributed by atoms with E-state index in [0.717, 1.165) is 14.9 Å². The van der Waals surface area contributed by atoms with Gasteiger partial charge in [0.2, 0.25) is 11.1 Å². The summed E-state index contributed by atoms with van der Waals surface area (Å²) in [6.07, 6.45) is 0. The number of thiophene rings is 1. The van der Waals surface area contributed by atoms with Gasteiger partial charge in [-0.25, -0.2) is 4.68 Å². The SMILES string of the molecule is CC(NC(=O)CSc1nnc(-c2cccs2)n1N)c1ccc(Br)cc1. The zero-order valence-electron chi connectivity index (χ0n) is 13.3. The summed E-state index contributed by atoms with van der Waals surface area (Å²) in [5.41, 5.74) is 1.04. The molecule has 130 valence electrons. The Morgan fingerprint density at radius 2 is 2.12 bits per heavy atom. The van der Waals surface area contributed by atoms with Gasteiger partial charge in [0.15, 0.2) is 5.82 Å². The van der Waals surface area contributed by atoms with Gasteiger partial charge in [-0.15, -0.1) is 21.5 Å². The number of hydrogen-bond acceptors (Lipinski definition) is 6. The molecule has 1 amide bonds. The third-order valence-electron chi connectivity index (χ3n) is 3.49. The van der Waals surface area contributed by atoms with Crippen LogP contribution in [0.2, 0.25) is 0 Å². The van der Waals surface area contributed by atoms with E-state index in [1.165, 1.54) is 27.8 Å². The summed E-state index contributed by atoms with van der Waals surface area (Å²) < 4.78 is 2.43. The first kappa shape index (κ1) is 18.0. The Morgan fingerprint density at radius 3 is 2.80 bits per heavy atom. The minimum atomic E-state index is -0.0823. The van der Waals surface area contributed by atoms with Crippen molar-refractivity contribution in [3.05, 3.63) is 51.8 Å². The molecule has 0 aliphatic rings. The topological polar surface area (TPSA) is 85.8 Å². The molecule has 3 rings (SSSR count). The molecule has 3 aromatic rings. The Labute approximate surface area is 161 Å². The molecule has 2 heterocycles. The minimum absolute atomic E-state index is 0.0707. The Kier molecular flexibility index (Phi) is 5.77. The lowest BCUT2D eigenvalue weighted by atomic mass is 10.1. The first-order chi connectivity index (χ1) is 12.0. The van der Waals surface area contributed by atoms with E-state index in [4.69, 9.17) is 5.84 Å². The number of nitrogens with one attached hydrogen (secondary N) is 1. The predicted octanol–water partition coefficient (Wildman–Crippen LogP) is 3.45. The highest BCUT2D eigenvalue weighted by Gasteiger charge is 2.15. The lowest BCUT2D eigenvalue weighted by Gasteiger charge is -2.14. The quantitative estimate of drug-likeness (QED) is 0.455. The van der Waals surface area contributed by atoms with Crippen molar-refractivity contribution in [2.45, 2.75) is 18.1 Å². The molecule has 2 aromatic heterocycles. The van der Waals surface area contributed by atoms with Crippen molar-refractivity contribution in [3.8, 4) is 10.7 Å². The highest BCUT2D eigenvalue weighted by atomic mass is 79.9. The lowest BCUT2D eigenvalue weighted by molar-refractivity contribution is -0.119. The number of nitrogens with zero attached hydrogens (tertiary/aromatic N) is 3. The van der Waals surface area contributed by atoms with Gasteiger partial charge in [-0.2, -0.15) is 0 Å². The van der Waals surface area contributed by atoms with Crippen LogP contribution in [0.5, 0.6) is 0 Å². The molecule has 6 nitrogen and oxygen atoms in total. The third-order valence-corrected chi connectivity index (χ3v) is 5.82. The van der Waals surface area contributed by atoms with Gasteiger partial charge >= 0.3 is 0 Å². The Hall–Kier alpha value is -1.84. The second kappa shape index (κ2) is 8.03. The van der Waals surface area contributed by atoms with E-state index in [1.807, 2.05) is 48.7 Å². The molecule has 1 unspecified atom stereocenters.